The Kier molecular flexibility index (Phi) is 4.80. The number of hydrogen-bond acceptors (Lipinski definition) is 6. The van der Waals surface area contributed by atoms with E-state index in [1.807, 2.05) is 6.07 Å². The van der Waals surface area contributed by atoms with Gasteiger partial charge in [0.15, 0.2) is 0 Å². The predicted molar refractivity (Wildman–Crippen MR) is 90.9 cm³/mol. The van der Waals surface area contributed by atoms with Gasteiger partial charge in [0.25, 0.3) is 11.2 Å². The summed E-state index contributed by atoms with van der Waals surface area (Å²) in [7, 11) is 1.34. The summed E-state index contributed by atoms with van der Waals surface area (Å²) in [5.41, 5.74) is 0.153. The average molecular weight is 391 g/mol. The summed E-state index contributed by atoms with van der Waals surface area (Å²) < 4.78 is 1.35. The molecule has 1 aromatic carbocycles. The molecule has 0 radical (unpaired) electrons. The van der Waals surface area contributed by atoms with Crippen LogP contribution in [0.15, 0.2) is 32.5 Å². The summed E-state index contributed by atoms with van der Waals surface area (Å²) in [4.78, 5) is 26.2. The van der Waals surface area contributed by atoms with Gasteiger partial charge in [-0.05, 0) is 34.5 Å². The molecule has 1 N–H and O–H groups in total. The van der Waals surface area contributed by atoms with Gasteiger partial charge in [0.05, 0.1) is 16.2 Å². The number of benzene rings is 1. The molecule has 0 aliphatic heterocycles. The number of pyridine rings is 1. The monoisotopic (exact) mass is 390 g/mol. The van der Waals surface area contributed by atoms with Crippen LogP contribution in [0.2, 0.25) is 0 Å². The topological polar surface area (TPSA) is 122 Å². The maximum atomic E-state index is 11.9. The third-order valence-electron chi connectivity index (χ3n) is 3.44. The van der Waals surface area contributed by atoms with Crippen molar-refractivity contribution in [3.63, 3.8) is 0 Å². The Labute approximate surface area is 144 Å². The minimum Gasteiger partial charge on any atom is -0.494 e. The van der Waals surface area contributed by atoms with Crippen LogP contribution in [0, 0.1) is 28.4 Å². The highest BCUT2D eigenvalue weighted by atomic mass is 79.9. The Bertz CT molecular complexity index is 973. The first-order valence-corrected chi connectivity index (χ1v) is 7.38. The van der Waals surface area contributed by atoms with Gasteiger partial charge in [-0.25, -0.2) is 0 Å². The maximum absolute atomic E-state index is 11.9. The van der Waals surface area contributed by atoms with Gasteiger partial charge in [-0.3, -0.25) is 24.5 Å². The van der Waals surface area contributed by atoms with E-state index in [1.165, 1.54) is 38.4 Å². The molecule has 0 atom stereocenters. The number of aliphatic imine (C=N–C) groups is 1. The van der Waals surface area contributed by atoms with Gasteiger partial charge >= 0.3 is 0 Å². The molecule has 122 valence electrons. The van der Waals surface area contributed by atoms with E-state index in [0.717, 1.165) is 4.57 Å². The van der Waals surface area contributed by atoms with Crippen LogP contribution in [0.25, 0.3) is 0 Å². The molecule has 1 aromatic heterocycles. The van der Waals surface area contributed by atoms with E-state index in [2.05, 4.69) is 20.9 Å². The van der Waals surface area contributed by atoms with Crippen LogP contribution in [0.3, 0.4) is 0 Å². The summed E-state index contributed by atoms with van der Waals surface area (Å²) in [6.07, 6.45) is 1.30. The van der Waals surface area contributed by atoms with Crippen LogP contribution in [0.5, 0.6) is 5.88 Å². The number of nitro benzene ring substituents is 1. The molecular weight excluding hydrogens is 380 g/mol. The molecule has 0 saturated carbocycles. The number of halogens is 1. The Morgan fingerprint density at radius 3 is 2.71 bits per heavy atom. The largest absolute Gasteiger partial charge is 0.494 e. The summed E-state index contributed by atoms with van der Waals surface area (Å²) in [6, 6.07) is 5.86. The summed E-state index contributed by atoms with van der Waals surface area (Å²) in [5, 5.41) is 29.9. The standard InChI is InChI=1S/C15H11BrN4O4/c1-8-10(6-17)14(21)19(2)15(22)11(8)7-18-13-4-3-9(20(23)24)5-12(13)16/h3-5,7,22H,1-2H3. The molecule has 2 aromatic rings. The highest BCUT2D eigenvalue weighted by Gasteiger charge is 2.16. The zero-order chi connectivity index (χ0) is 18.0. The van der Waals surface area contributed by atoms with Crippen LogP contribution in [0.1, 0.15) is 16.7 Å². The molecule has 24 heavy (non-hydrogen) atoms. The third-order valence-corrected chi connectivity index (χ3v) is 4.08. The Balaban J connectivity index is 2.55. The van der Waals surface area contributed by atoms with Crippen LogP contribution in [-0.2, 0) is 7.05 Å². The second-order valence-electron chi connectivity index (χ2n) is 4.86. The number of nitro groups is 1. The van der Waals surface area contributed by atoms with E-state index in [9.17, 15) is 20.0 Å². The lowest BCUT2D eigenvalue weighted by Crippen LogP contribution is -2.22. The molecule has 8 nitrogen and oxygen atoms in total. The van der Waals surface area contributed by atoms with Gasteiger partial charge in [-0.1, -0.05) is 0 Å². The molecule has 0 unspecified atom stereocenters. The van der Waals surface area contributed by atoms with Crippen LogP contribution >= 0.6 is 15.9 Å². The number of aromatic hydroxyl groups is 1. The second kappa shape index (κ2) is 6.64. The molecule has 0 saturated heterocycles. The van der Waals surface area contributed by atoms with Crippen molar-refractivity contribution in [3.05, 3.63) is 59.8 Å². The zero-order valence-corrected chi connectivity index (χ0v) is 14.2. The Morgan fingerprint density at radius 1 is 1.50 bits per heavy atom. The van der Waals surface area contributed by atoms with Crippen LogP contribution in [0.4, 0.5) is 11.4 Å². The van der Waals surface area contributed by atoms with Crippen LogP contribution in [-0.4, -0.2) is 20.8 Å². The van der Waals surface area contributed by atoms with Crippen molar-refractivity contribution in [2.75, 3.05) is 0 Å². The van der Waals surface area contributed by atoms with Gasteiger partial charge in [0.2, 0.25) is 5.88 Å². The smallest absolute Gasteiger partial charge is 0.271 e. The number of hydrogen-bond donors (Lipinski definition) is 1. The van der Waals surface area contributed by atoms with Gasteiger partial charge in [0.1, 0.15) is 11.6 Å². The predicted octanol–water partition coefficient (Wildman–Crippen LogP) is 2.69. The van der Waals surface area contributed by atoms with E-state index >= 15 is 0 Å². The van der Waals surface area contributed by atoms with E-state index in [1.54, 1.807) is 0 Å². The maximum Gasteiger partial charge on any atom is 0.271 e. The molecule has 0 bridgehead atoms. The number of nitrogens with zero attached hydrogens (tertiary/aromatic N) is 4. The van der Waals surface area contributed by atoms with E-state index in [4.69, 9.17) is 5.26 Å². The molecule has 9 heteroatoms. The van der Waals surface area contributed by atoms with E-state index in [0.29, 0.717) is 15.7 Å². The minimum atomic E-state index is -0.596. The first kappa shape index (κ1) is 17.4. The van der Waals surface area contributed by atoms with Crippen molar-refractivity contribution in [2.24, 2.45) is 12.0 Å². The van der Waals surface area contributed by atoms with Gasteiger partial charge in [-0.2, -0.15) is 5.26 Å². The van der Waals surface area contributed by atoms with Crippen molar-refractivity contribution in [2.45, 2.75) is 6.92 Å². The summed E-state index contributed by atoms with van der Waals surface area (Å²) >= 11 is 3.19. The lowest BCUT2D eigenvalue weighted by Gasteiger charge is -2.09. The summed E-state index contributed by atoms with van der Waals surface area (Å²) in [5.74, 6) is -0.321. The molecule has 0 aliphatic rings. The molecule has 0 aliphatic carbocycles. The molecule has 0 fully saturated rings. The lowest BCUT2D eigenvalue weighted by atomic mass is 10.1. The van der Waals surface area contributed by atoms with Crippen molar-refractivity contribution >= 4 is 33.5 Å². The van der Waals surface area contributed by atoms with Gasteiger partial charge < -0.3 is 5.11 Å². The quantitative estimate of drug-likeness (QED) is 0.490. The van der Waals surface area contributed by atoms with Crippen molar-refractivity contribution in [1.29, 1.82) is 5.26 Å². The van der Waals surface area contributed by atoms with Crippen molar-refractivity contribution < 1.29 is 10.0 Å². The van der Waals surface area contributed by atoms with E-state index in [-0.39, 0.29) is 22.7 Å². The highest BCUT2D eigenvalue weighted by Crippen LogP contribution is 2.30. The average Bonchev–Trinajstić information content (AvgIpc) is 2.54. The first-order chi connectivity index (χ1) is 11.3. The SMILES string of the molecule is Cc1c(C=Nc2ccc([N+](=O)[O-])cc2Br)c(O)n(C)c(=O)c1C#N. The minimum absolute atomic E-state index is 0.0838. The highest BCUT2D eigenvalue weighted by molar-refractivity contribution is 9.10. The molecule has 1 heterocycles. The molecule has 2 rings (SSSR count). The number of non-ortho nitro benzene ring substituents is 1. The zero-order valence-electron chi connectivity index (χ0n) is 12.6. The lowest BCUT2D eigenvalue weighted by molar-refractivity contribution is -0.384. The number of nitriles is 1. The van der Waals surface area contributed by atoms with Gasteiger partial charge in [-0.15, -0.1) is 0 Å². The van der Waals surface area contributed by atoms with E-state index < -0.39 is 10.5 Å². The van der Waals surface area contributed by atoms with Crippen molar-refractivity contribution in [3.8, 4) is 11.9 Å². The normalized spacial score (nSPS) is 10.8. The van der Waals surface area contributed by atoms with Crippen molar-refractivity contribution in [1.82, 2.24) is 4.57 Å². The van der Waals surface area contributed by atoms with Crippen LogP contribution < -0.4 is 5.56 Å². The number of aromatic nitrogens is 1. The second-order valence-corrected chi connectivity index (χ2v) is 5.72. The first-order valence-electron chi connectivity index (χ1n) is 6.58. The Hall–Kier alpha value is -2.99. The fourth-order valence-corrected chi connectivity index (χ4v) is 2.51. The molecule has 0 spiro atoms. The third kappa shape index (κ3) is 3.04. The summed E-state index contributed by atoms with van der Waals surface area (Å²) in [6.45, 7) is 1.53. The van der Waals surface area contributed by atoms with Gasteiger partial charge in [0, 0.05) is 29.9 Å². The molecular formula is C15H11BrN4O4. The fraction of sp³-hybridized carbons (Fsp3) is 0.133. The number of rotatable bonds is 3. The Morgan fingerprint density at radius 2 is 2.17 bits per heavy atom. The fourth-order valence-electron chi connectivity index (χ4n) is 2.04. The molecule has 0 amide bonds.